The number of benzene rings is 3. The number of carbonyl (C=O) groups excluding carboxylic acids is 1. The third-order valence-corrected chi connectivity index (χ3v) is 7.48. The summed E-state index contributed by atoms with van der Waals surface area (Å²) in [5.41, 5.74) is 1.96. The van der Waals surface area contributed by atoms with E-state index in [1.807, 2.05) is 67.6 Å². The van der Waals surface area contributed by atoms with Gasteiger partial charge in [-0.25, -0.2) is 8.42 Å². The van der Waals surface area contributed by atoms with Crippen molar-refractivity contribution in [2.75, 3.05) is 13.7 Å². The average molecular weight is 501 g/mol. The van der Waals surface area contributed by atoms with E-state index in [0.29, 0.717) is 5.75 Å². The van der Waals surface area contributed by atoms with Gasteiger partial charge >= 0.3 is 0 Å². The lowest BCUT2D eigenvalue weighted by Gasteiger charge is -2.23. The summed E-state index contributed by atoms with van der Waals surface area (Å²) < 4.78 is 33.2. The Bertz CT molecular complexity index is 1190. The van der Waals surface area contributed by atoms with Crippen molar-refractivity contribution in [3.8, 4) is 5.75 Å². The molecular formula is C26H29ClN2O4S. The lowest BCUT2D eigenvalue weighted by molar-refractivity contribution is -0.122. The van der Waals surface area contributed by atoms with Crippen molar-refractivity contribution >= 4 is 27.5 Å². The zero-order valence-electron chi connectivity index (χ0n) is 19.3. The molecule has 1 amide bonds. The van der Waals surface area contributed by atoms with Crippen LogP contribution in [0.1, 0.15) is 24.5 Å². The maximum atomic E-state index is 13.5. The van der Waals surface area contributed by atoms with Crippen molar-refractivity contribution in [2.24, 2.45) is 0 Å². The van der Waals surface area contributed by atoms with Crippen molar-refractivity contribution < 1.29 is 17.9 Å². The molecule has 0 fully saturated rings. The first-order chi connectivity index (χ1) is 16.3. The van der Waals surface area contributed by atoms with Gasteiger partial charge < -0.3 is 10.1 Å². The van der Waals surface area contributed by atoms with Crippen molar-refractivity contribution in [1.82, 2.24) is 9.62 Å². The zero-order chi connectivity index (χ0) is 24.6. The van der Waals surface area contributed by atoms with Gasteiger partial charge in [0.15, 0.2) is 0 Å². The molecule has 1 atom stereocenters. The van der Waals surface area contributed by atoms with Gasteiger partial charge in [-0.1, -0.05) is 72.3 Å². The molecule has 6 nitrogen and oxygen atoms in total. The molecule has 0 heterocycles. The minimum absolute atomic E-state index is 0.000780. The number of rotatable bonds is 11. The number of nitrogens with zero attached hydrogens (tertiary/aromatic N) is 1. The van der Waals surface area contributed by atoms with Gasteiger partial charge in [-0.05, 0) is 49.1 Å². The Morgan fingerprint density at radius 2 is 1.62 bits per heavy atom. The minimum Gasteiger partial charge on any atom is -0.495 e. The van der Waals surface area contributed by atoms with E-state index >= 15 is 0 Å². The molecule has 8 heteroatoms. The second-order valence-corrected chi connectivity index (χ2v) is 10.4. The van der Waals surface area contributed by atoms with Gasteiger partial charge in [0, 0.05) is 12.6 Å². The fourth-order valence-corrected chi connectivity index (χ4v) is 5.28. The molecule has 0 bridgehead atoms. The first kappa shape index (κ1) is 25.7. The molecule has 3 aromatic rings. The molecule has 0 unspecified atom stereocenters. The molecule has 0 aromatic heterocycles. The van der Waals surface area contributed by atoms with Crippen molar-refractivity contribution in [1.29, 1.82) is 0 Å². The molecule has 0 saturated heterocycles. The van der Waals surface area contributed by atoms with Crippen LogP contribution in [-0.2, 0) is 27.8 Å². The Morgan fingerprint density at radius 1 is 1.00 bits per heavy atom. The van der Waals surface area contributed by atoms with E-state index < -0.39 is 10.0 Å². The molecule has 1 N–H and O–H groups in total. The number of ether oxygens (including phenoxy) is 1. The highest BCUT2D eigenvalue weighted by Gasteiger charge is 2.28. The van der Waals surface area contributed by atoms with Gasteiger partial charge in [0.1, 0.15) is 5.75 Å². The fraction of sp³-hybridized carbons (Fsp3) is 0.269. The van der Waals surface area contributed by atoms with Crippen LogP contribution in [0.4, 0.5) is 0 Å². The highest BCUT2D eigenvalue weighted by atomic mass is 35.5. The minimum atomic E-state index is -4.00. The Hall–Kier alpha value is -2.87. The predicted octanol–water partition coefficient (Wildman–Crippen LogP) is 4.68. The lowest BCUT2D eigenvalue weighted by atomic mass is 10.1. The van der Waals surface area contributed by atoms with Crippen LogP contribution in [-0.4, -0.2) is 38.3 Å². The van der Waals surface area contributed by atoms with E-state index in [9.17, 15) is 13.2 Å². The summed E-state index contributed by atoms with van der Waals surface area (Å²) in [6, 6.07) is 23.3. The van der Waals surface area contributed by atoms with Crippen LogP contribution >= 0.6 is 11.6 Å². The van der Waals surface area contributed by atoms with Crippen molar-refractivity contribution in [3.05, 3.63) is 95.0 Å². The van der Waals surface area contributed by atoms with E-state index in [0.717, 1.165) is 18.4 Å². The molecule has 0 spiro atoms. The summed E-state index contributed by atoms with van der Waals surface area (Å²) >= 11 is 6.17. The number of sulfonamides is 1. The van der Waals surface area contributed by atoms with Crippen LogP contribution in [0.2, 0.25) is 5.02 Å². The van der Waals surface area contributed by atoms with E-state index in [2.05, 4.69) is 5.32 Å². The van der Waals surface area contributed by atoms with Crippen LogP contribution in [0.3, 0.4) is 0 Å². The molecule has 0 aliphatic heterocycles. The summed E-state index contributed by atoms with van der Waals surface area (Å²) in [6.07, 6.45) is 1.56. The van der Waals surface area contributed by atoms with E-state index in [1.54, 1.807) is 0 Å². The number of aryl methyl sites for hydroxylation is 1. The van der Waals surface area contributed by atoms with Crippen LogP contribution in [0, 0.1) is 0 Å². The number of halogens is 1. The smallest absolute Gasteiger partial charge is 0.243 e. The Labute approximate surface area is 206 Å². The number of carbonyl (C=O) groups is 1. The van der Waals surface area contributed by atoms with Crippen LogP contribution in [0.5, 0.6) is 5.75 Å². The SMILES string of the molecule is COc1ccc(S(=O)(=O)N(CC(=O)N[C@@H](C)CCc2ccccc2)Cc2ccccc2)cc1Cl. The second kappa shape index (κ2) is 12.0. The van der Waals surface area contributed by atoms with Crippen LogP contribution in [0.25, 0.3) is 0 Å². The number of hydrogen-bond donors (Lipinski definition) is 1. The van der Waals surface area contributed by atoms with Gasteiger partial charge in [0.2, 0.25) is 15.9 Å². The molecule has 34 heavy (non-hydrogen) atoms. The third-order valence-electron chi connectivity index (χ3n) is 5.40. The molecular weight excluding hydrogens is 472 g/mol. The van der Waals surface area contributed by atoms with E-state index in [1.165, 1.54) is 35.2 Å². The summed E-state index contributed by atoms with van der Waals surface area (Å²) in [6.45, 7) is 1.66. The fourth-order valence-electron chi connectivity index (χ4n) is 3.55. The standard InChI is InChI=1S/C26H29ClN2O4S/c1-20(13-14-21-9-5-3-6-10-21)28-26(30)19-29(18-22-11-7-4-8-12-22)34(31,32)23-15-16-25(33-2)24(27)17-23/h3-12,15-17,20H,13-14,18-19H2,1-2H3,(H,28,30)/t20-/m0/s1. The largest absolute Gasteiger partial charge is 0.495 e. The maximum absolute atomic E-state index is 13.5. The monoisotopic (exact) mass is 500 g/mol. The van der Waals surface area contributed by atoms with Crippen molar-refractivity contribution in [3.63, 3.8) is 0 Å². The van der Waals surface area contributed by atoms with Gasteiger partial charge in [-0.3, -0.25) is 4.79 Å². The molecule has 3 aromatic carbocycles. The third kappa shape index (κ3) is 7.06. The summed E-state index contributed by atoms with van der Waals surface area (Å²) in [4.78, 5) is 12.8. The Kier molecular flexibility index (Phi) is 9.10. The summed E-state index contributed by atoms with van der Waals surface area (Å²) in [5.74, 6) is 0.0138. The molecule has 0 aliphatic carbocycles. The zero-order valence-corrected chi connectivity index (χ0v) is 20.9. The molecule has 3 rings (SSSR count). The molecule has 180 valence electrons. The highest BCUT2D eigenvalue weighted by Crippen LogP contribution is 2.29. The molecule has 0 saturated carbocycles. The molecule has 0 aliphatic rings. The predicted molar refractivity (Wildman–Crippen MR) is 134 cm³/mol. The van der Waals surface area contributed by atoms with Gasteiger partial charge in [-0.15, -0.1) is 0 Å². The van der Waals surface area contributed by atoms with E-state index in [4.69, 9.17) is 16.3 Å². The van der Waals surface area contributed by atoms with Gasteiger partial charge in [0.05, 0.1) is 23.6 Å². The topological polar surface area (TPSA) is 75.7 Å². The quantitative estimate of drug-likeness (QED) is 0.415. The number of methoxy groups -OCH3 is 1. The Morgan fingerprint density at radius 3 is 2.21 bits per heavy atom. The van der Waals surface area contributed by atoms with E-state index in [-0.39, 0.29) is 35.0 Å². The average Bonchev–Trinajstić information content (AvgIpc) is 2.83. The first-order valence-corrected chi connectivity index (χ1v) is 12.8. The number of hydrogen-bond acceptors (Lipinski definition) is 4. The van der Waals surface area contributed by atoms with Crippen LogP contribution < -0.4 is 10.1 Å². The number of amides is 1. The van der Waals surface area contributed by atoms with Gasteiger partial charge in [0.25, 0.3) is 0 Å². The lowest BCUT2D eigenvalue weighted by Crippen LogP contribution is -2.43. The summed E-state index contributed by atoms with van der Waals surface area (Å²) in [7, 11) is -2.54. The van der Waals surface area contributed by atoms with Gasteiger partial charge in [-0.2, -0.15) is 4.31 Å². The normalized spacial score (nSPS) is 12.4. The highest BCUT2D eigenvalue weighted by molar-refractivity contribution is 7.89. The summed E-state index contributed by atoms with van der Waals surface area (Å²) in [5, 5.41) is 3.11. The van der Waals surface area contributed by atoms with Crippen LogP contribution in [0.15, 0.2) is 83.8 Å². The Balaban J connectivity index is 1.74. The molecule has 0 radical (unpaired) electrons. The first-order valence-electron chi connectivity index (χ1n) is 11.0. The maximum Gasteiger partial charge on any atom is 0.243 e. The number of nitrogens with one attached hydrogen (secondary N) is 1. The van der Waals surface area contributed by atoms with Crippen molar-refractivity contribution in [2.45, 2.75) is 37.2 Å². The second-order valence-electron chi connectivity index (χ2n) is 8.05.